The lowest BCUT2D eigenvalue weighted by molar-refractivity contribution is -0.384. The summed E-state index contributed by atoms with van der Waals surface area (Å²) in [5, 5.41) is 17.4. The minimum atomic E-state index is -0.443. The molecule has 0 bridgehead atoms. The molecule has 24 heavy (non-hydrogen) atoms. The van der Waals surface area contributed by atoms with Crippen molar-refractivity contribution in [3.63, 3.8) is 0 Å². The van der Waals surface area contributed by atoms with E-state index in [0.717, 1.165) is 5.56 Å². The number of nitrogens with one attached hydrogen (secondary N) is 1. The Morgan fingerprint density at radius 2 is 2.08 bits per heavy atom. The summed E-state index contributed by atoms with van der Waals surface area (Å²) in [5.74, 6) is 0.444. The van der Waals surface area contributed by atoms with E-state index in [0.29, 0.717) is 22.2 Å². The Kier molecular flexibility index (Phi) is 4.43. The van der Waals surface area contributed by atoms with Crippen LogP contribution in [-0.2, 0) is 0 Å². The van der Waals surface area contributed by atoms with E-state index in [1.807, 2.05) is 0 Å². The molecule has 0 saturated carbocycles. The van der Waals surface area contributed by atoms with E-state index in [-0.39, 0.29) is 5.69 Å². The fourth-order valence-electron chi connectivity index (χ4n) is 1.99. The van der Waals surface area contributed by atoms with Gasteiger partial charge in [-0.15, -0.1) is 11.3 Å². The average molecular weight is 340 g/mol. The summed E-state index contributed by atoms with van der Waals surface area (Å²) in [6.45, 7) is 0. The Bertz CT molecular complexity index is 891. The van der Waals surface area contributed by atoms with E-state index >= 15 is 0 Å². The fraction of sp³-hybridized carbons (Fsp3) is 0. The smallest absolute Gasteiger partial charge is 0.295 e. The molecule has 9 heteroatoms. The first kappa shape index (κ1) is 15.6. The van der Waals surface area contributed by atoms with Crippen LogP contribution < -0.4 is 11.2 Å². The second-order valence-corrected chi connectivity index (χ2v) is 5.56. The topological polar surface area (TPSA) is 119 Å². The zero-order valence-electron chi connectivity index (χ0n) is 12.3. The summed E-state index contributed by atoms with van der Waals surface area (Å²) in [7, 11) is 0. The van der Waals surface area contributed by atoms with Crippen molar-refractivity contribution in [2.24, 2.45) is 5.10 Å². The van der Waals surface area contributed by atoms with Gasteiger partial charge in [0.05, 0.1) is 11.1 Å². The zero-order valence-corrected chi connectivity index (χ0v) is 13.1. The third-order valence-electron chi connectivity index (χ3n) is 3.06. The molecule has 0 aliphatic heterocycles. The number of nitrogen functional groups attached to an aromatic ring is 1. The summed E-state index contributed by atoms with van der Waals surface area (Å²) in [5.41, 5.74) is 10.1. The van der Waals surface area contributed by atoms with Gasteiger partial charge in [-0.05, 0) is 11.6 Å². The number of nitrogens with zero attached hydrogens (tertiary/aromatic N) is 4. The number of aromatic nitrogens is 2. The van der Waals surface area contributed by atoms with E-state index < -0.39 is 4.92 Å². The Balaban J connectivity index is 1.75. The van der Waals surface area contributed by atoms with Crippen molar-refractivity contribution >= 4 is 34.2 Å². The first-order chi connectivity index (χ1) is 11.6. The minimum absolute atomic E-state index is 0.0260. The highest BCUT2D eigenvalue weighted by Crippen LogP contribution is 2.27. The lowest BCUT2D eigenvalue weighted by Gasteiger charge is -2.02. The molecule has 8 nitrogen and oxygen atoms in total. The third kappa shape index (κ3) is 3.52. The number of hydrogen-bond acceptors (Lipinski definition) is 8. The van der Waals surface area contributed by atoms with E-state index in [9.17, 15) is 10.1 Å². The first-order valence-corrected chi connectivity index (χ1v) is 7.71. The molecule has 0 saturated heterocycles. The Hall–Kier alpha value is -3.33. The molecule has 0 aliphatic rings. The molecule has 0 radical (unpaired) electrons. The number of benzene rings is 1. The van der Waals surface area contributed by atoms with Gasteiger partial charge < -0.3 is 5.73 Å². The predicted molar refractivity (Wildman–Crippen MR) is 94.1 cm³/mol. The lowest BCUT2D eigenvalue weighted by atomic mass is 10.1. The molecule has 3 aromatic rings. The number of nitro groups is 1. The van der Waals surface area contributed by atoms with Gasteiger partial charge in [-0.25, -0.2) is 9.97 Å². The van der Waals surface area contributed by atoms with Crippen LogP contribution in [0.1, 0.15) is 5.56 Å². The van der Waals surface area contributed by atoms with Crippen molar-refractivity contribution in [2.45, 2.75) is 0 Å². The molecular weight excluding hydrogens is 328 g/mol. The maximum atomic E-state index is 11.1. The average Bonchev–Trinajstić information content (AvgIpc) is 3.01. The van der Waals surface area contributed by atoms with Crippen LogP contribution >= 0.6 is 11.3 Å². The van der Waals surface area contributed by atoms with Gasteiger partial charge in [-0.1, -0.05) is 24.3 Å². The molecule has 120 valence electrons. The second-order valence-electron chi connectivity index (χ2n) is 4.70. The molecule has 3 rings (SSSR count). The van der Waals surface area contributed by atoms with Gasteiger partial charge >= 0.3 is 0 Å². The van der Waals surface area contributed by atoms with Gasteiger partial charge in [0.1, 0.15) is 11.5 Å². The highest BCUT2D eigenvalue weighted by Gasteiger charge is 2.15. The molecule has 2 aromatic heterocycles. The zero-order chi connectivity index (χ0) is 16.9. The summed E-state index contributed by atoms with van der Waals surface area (Å²) < 4.78 is 0. The van der Waals surface area contributed by atoms with Crippen LogP contribution in [-0.4, -0.2) is 21.1 Å². The van der Waals surface area contributed by atoms with E-state index in [4.69, 9.17) is 5.73 Å². The Labute approximate surface area is 140 Å². The lowest BCUT2D eigenvalue weighted by Crippen LogP contribution is -1.94. The van der Waals surface area contributed by atoms with Crippen molar-refractivity contribution in [1.82, 2.24) is 9.97 Å². The maximum absolute atomic E-state index is 11.1. The number of nitrogens with two attached hydrogens (primary N) is 1. The van der Waals surface area contributed by atoms with E-state index in [1.54, 1.807) is 41.9 Å². The minimum Gasteiger partial charge on any atom is -0.383 e. The molecular formula is C15H12N6O2S. The van der Waals surface area contributed by atoms with Gasteiger partial charge in [-0.2, -0.15) is 5.10 Å². The Morgan fingerprint density at radius 1 is 1.29 bits per heavy atom. The SMILES string of the molecule is Nc1csc(NN=Cc2ccc(-c3ncccc3[N+](=O)[O-])cc2)n1. The summed E-state index contributed by atoms with van der Waals surface area (Å²) in [4.78, 5) is 18.7. The van der Waals surface area contributed by atoms with E-state index in [2.05, 4.69) is 20.5 Å². The van der Waals surface area contributed by atoms with Crippen LogP contribution in [0.3, 0.4) is 0 Å². The van der Waals surface area contributed by atoms with Crippen LogP contribution in [0.15, 0.2) is 53.1 Å². The van der Waals surface area contributed by atoms with Crippen molar-refractivity contribution in [1.29, 1.82) is 0 Å². The van der Waals surface area contributed by atoms with Gasteiger partial charge in [0.25, 0.3) is 5.69 Å². The summed E-state index contributed by atoms with van der Waals surface area (Å²) >= 11 is 1.36. The third-order valence-corrected chi connectivity index (χ3v) is 3.83. The van der Waals surface area contributed by atoms with Crippen molar-refractivity contribution in [3.8, 4) is 11.3 Å². The number of rotatable bonds is 5. The maximum Gasteiger partial charge on any atom is 0.295 e. The van der Waals surface area contributed by atoms with Crippen molar-refractivity contribution < 1.29 is 4.92 Å². The van der Waals surface area contributed by atoms with Crippen LogP contribution in [0.25, 0.3) is 11.3 Å². The molecule has 1 aromatic carbocycles. The van der Waals surface area contributed by atoms with Crippen LogP contribution in [0.4, 0.5) is 16.6 Å². The number of hydrazone groups is 1. The first-order valence-electron chi connectivity index (χ1n) is 6.83. The fourth-order valence-corrected chi connectivity index (χ4v) is 2.54. The normalized spacial score (nSPS) is 10.8. The molecule has 0 amide bonds. The van der Waals surface area contributed by atoms with Crippen molar-refractivity contribution in [2.75, 3.05) is 11.2 Å². The quantitative estimate of drug-likeness (QED) is 0.418. The van der Waals surface area contributed by atoms with Crippen LogP contribution in [0.2, 0.25) is 0 Å². The number of anilines is 2. The number of thiazole rings is 1. The van der Waals surface area contributed by atoms with Gasteiger partial charge in [-0.3, -0.25) is 15.5 Å². The van der Waals surface area contributed by atoms with E-state index in [1.165, 1.54) is 23.6 Å². The molecule has 0 aliphatic carbocycles. The highest BCUT2D eigenvalue weighted by atomic mass is 32.1. The molecule has 0 atom stereocenters. The summed E-state index contributed by atoms with van der Waals surface area (Å²) in [6, 6.07) is 10.1. The molecule has 0 fully saturated rings. The van der Waals surface area contributed by atoms with Gasteiger partial charge in [0.15, 0.2) is 0 Å². The molecule has 3 N–H and O–H groups in total. The number of pyridine rings is 1. The number of hydrogen-bond donors (Lipinski definition) is 2. The second kappa shape index (κ2) is 6.84. The van der Waals surface area contributed by atoms with Crippen LogP contribution in [0, 0.1) is 10.1 Å². The molecule has 0 spiro atoms. The van der Waals surface area contributed by atoms with Gasteiger partial charge in [0.2, 0.25) is 5.13 Å². The highest BCUT2D eigenvalue weighted by molar-refractivity contribution is 7.14. The standard InChI is InChI=1S/C15H12N6O2S/c16-13-9-24-15(19-13)20-18-8-10-3-5-11(6-4-10)14-12(21(22)23)2-1-7-17-14/h1-9H,16H2,(H,19,20). The predicted octanol–water partition coefficient (Wildman–Crippen LogP) is 3.14. The van der Waals surface area contributed by atoms with Crippen molar-refractivity contribution in [3.05, 3.63) is 63.7 Å². The molecule has 2 heterocycles. The van der Waals surface area contributed by atoms with Crippen LogP contribution in [0.5, 0.6) is 0 Å². The largest absolute Gasteiger partial charge is 0.383 e. The molecule has 0 unspecified atom stereocenters. The Morgan fingerprint density at radius 3 is 2.75 bits per heavy atom. The summed E-state index contributed by atoms with van der Waals surface area (Å²) in [6.07, 6.45) is 3.15. The monoisotopic (exact) mass is 340 g/mol. The van der Waals surface area contributed by atoms with Gasteiger partial charge in [0, 0.05) is 23.2 Å².